The fourth-order valence-electron chi connectivity index (χ4n) is 1.47. The van der Waals surface area contributed by atoms with Crippen molar-refractivity contribution in [2.75, 3.05) is 6.61 Å². The van der Waals surface area contributed by atoms with E-state index in [-0.39, 0.29) is 6.42 Å². The van der Waals surface area contributed by atoms with Gasteiger partial charge in [-0.3, -0.25) is 4.79 Å². The van der Waals surface area contributed by atoms with E-state index in [1.807, 2.05) is 0 Å². The first-order valence-corrected chi connectivity index (χ1v) is 6.00. The van der Waals surface area contributed by atoms with E-state index < -0.39 is 12.1 Å². The number of hydrogen-bond donors (Lipinski definition) is 0. The van der Waals surface area contributed by atoms with E-state index in [9.17, 15) is 9.18 Å². The smallest absolute Gasteiger partial charge is 0.308 e. The van der Waals surface area contributed by atoms with Gasteiger partial charge in [-0.15, -0.1) is 0 Å². The zero-order valence-electron chi connectivity index (χ0n) is 9.93. The van der Waals surface area contributed by atoms with Gasteiger partial charge in [0.25, 0.3) is 0 Å². The van der Waals surface area contributed by atoms with Crippen LogP contribution >= 0.6 is 0 Å². The summed E-state index contributed by atoms with van der Waals surface area (Å²) < 4.78 is 17.9. The molecule has 0 N–H and O–H groups in total. The molecule has 2 nitrogen and oxygen atoms in total. The van der Waals surface area contributed by atoms with Crippen LogP contribution in [0.3, 0.4) is 0 Å². The van der Waals surface area contributed by atoms with Gasteiger partial charge in [0.1, 0.15) is 6.17 Å². The van der Waals surface area contributed by atoms with E-state index in [2.05, 4.69) is 11.7 Å². The van der Waals surface area contributed by atoms with E-state index in [1.54, 1.807) is 6.92 Å². The third kappa shape index (κ3) is 9.70. The van der Waals surface area contributed by atoms with Crippen LogP contribution in [-0.4, -0.2) is 18.7 Å². The molecule has 0 aliphatic heterocycles. The molecule has 1 unspecified atom stereocenters. The van der Waals surface area contributed by atoms with Gasteiger partial charge in [0.2, 0.25) is 0 Å². The topological polar surface area (TPSA) is 26.3 Å². The zero-order valence-corrected chi connectivity index (χ0v) is 9.93. The van der Waals surface area contributed by atoms with E-state index in [4.69, 9.17) is 0 Å². The molecule has 0 radical (unpaired) electrons. The van der Waals surface area contributed by atoms with E-state index in [0.717, 1.165) is 12.8 Å². The van der Waals surface area contributed by atoms with Gasteiger partial charge in [-0.25, -0.2) is 4.39 Å². The molecule has 15 heavy (non-hydrogen) atoms. The molecule has 0 saturated carbocycles. The Hall–Kier alpha value is -0.600. The minimum Gasteiger partial charge on any atom is -0.466 e. The summed E-state index contributed by atoms with van der Waals surface area (Å²) >= 11 is 0. The number of alkyl halides is 1. The maximum absolute atomic E-state index is 13.2. The third-order valence-electron chi connectivity index (χ3n) is 2.31. The minimum atomic E-state index is -1.02. The molecule has 0 aromatic rings. The second-order valence-corrected chi connectivity index (χ2v) is 3.81. The normalized spacial score (nSPS) is 12.5. The van der Waals surface area contributed by atoms with Crippen LogP contribution in [0.2, 0.25) is 0 Å². The molecule has 90 valence electrons. The van der Waals surface area contributed by atoms with Crippen molar-refractivity contribution in [3.8, 4) is 0 Å². The van der Waals surface area contributed by atoms with Gasteiger partial charge >= 0.3 is 5.97 Å². The predicted octanol–water partition coefficient (Wildman–Crippen LogP) is 3.64. The number of esters is 1. The van der Waals surface area contributed by atoms with Gasteiger partial charge in [0.15, 0.2) is 0 Å². The highest BCUT2D eigenvalue weighted by Crippen LogP contribution is 2.12. The van der Waals surface area contributed by atoms with Crippen LogP contribution in [0.1, 0.15) is 58.8 Å². The summed E-state index contributed by atoms with van der Waals surface area (Å²) in [6.07, 6.45) is 4.91. The lowest BCUT2D eigenvalue weighted by Gasteiger charge is -2.07. The van der Waals surface area contributed by atoms with Crippen molar-refractivity contribution >= 4 is 5.97 Å². The number of carbonyl (C=O) groups is 1. The molecule has 3 heteroatoms. The van der Waals surface area contributed by atoms with Crippen LogP contribution in [0.15, 0.2) is 0 Å². The molecule has 0 rings (SSSR count). The Labute approximate surface area is 92.2 Å². The summed E-state index contributed by atoms with van der Waals surface area (Å²) in [7, 11) is 0. The number of carbonyl (C=O) groups excluding carboxylic acids is 1. The van der Waals surface area contributed by atoms with E-state index in [1.165, 1.54) is 19.3 Å². The first-order chi connectivity index (χ1) is 7.20. The van der Waals surface area contributed by atoms with Crippen LogP contribution in [0.25, 0.3) is 0 Å². The molecular weight excluding hydrogens is 195 g/mol. The summed E-state index contributed by atoms with van der Waals surface area (Å²) in [4.78, 5) is 10.9. The molecule has 0 saturated heterocycles. The number of hydrogen-bond acceptors (Lipinski definition) is 2. The lowest BCUT2D eigenvalue weighted by molar-refractivity contribution is -0.144. The van der Waals surface area contributed by atoms with Crippen LogP contribution in [-0.2, 0) is 9.53 Å². The number of rotatable bonds is 9. The third-order valence-corrected chi connectivity index (χ3v) is 2.31. The summed E-state index contributed by atoms with van der Waals surface area (Å²) in [5, 5.41) is 0. The number of halogens is 1. The van der Waals surface area contributed by atoms with Crippen molar-refractivity contribution in [2.24, 2.45) is 0 Å². The Morgan fingerprint density at radius 3 is 2.47 bits per heavy atom. The van der Waals surface area contributed by atoms with Crippen LogP contribution in [0.5, 0.6) is 0 Å². The largest absolute Gasteiger partial charge is 0.466 e. The highest BCUT2D eigenvalue weighted by Gasteiger charge is 2.12. The van der Waals surface area contributed by atoms with Gasteiger partial charge in [-0.1, -0.05) is 39.0 Å². The second kappa shape index (κ2) is 9.94. The Morgan fingerprint density at radius 1 is 1.20 bits per heavy atom. The first-order valence-electron chi connectivity index (χ1n) is 6.00. The monoisotopic (exact) mass is 218 g/mol. The SMILES string of the molecule is CCCCCCCC(F)CC(=O)OCC. The van der Waals surface area contributed by atoms with E-state index in [0.29, 0.717) is 13.0 Å². The van der Waals surface area contributed by atoms with Gasteiger partial charge in [0.05, 0.1) is 13.0 Å². The molecule has 0 bridgehead atoms. The van der Waals surface area contributed by atoms with Gasteiger partial charge in [0, 0.05) is 0 Å². The van der Waals surface area contributed by atoms with Crippen molar-refractivity contribution in [2.45, 2.75) is 65.0 Å². The number of unbranched alkanes of at least 4 members (excludes halogenated alkanes) is 4. The van der Waals surface area contributed by atoms with Gasteiger partial charge in [-0.05, 0) is 13.3 Å². The Bertz CT molecular complexity index is 160. The van der Waals surface area contributed by atoms with Crippen molar-refractivity contribution < 1.29 is 13.9 Å². The summed E-state index contributed by atoms with van der Waals surface area (Å²) in [6, 6.07) is 0. The highest BCUT2D eigenvalue weighted by atomic mass is 19.1. The first kappa shape index (κ1) is 14.4. The molecule has 0 aromatic carbocycles. The van der Waals surface area contributed by atoms with Crippen LogP contribution in [0.4, 0.5) is 4.39 Å². The maximum atomic E-state index is 13.2. The average Bonchev–Trinajstić information content (AvgIpc) is 2.17. The number of ether oxygens (including phenoxy) is 1. The van der Waals surface area contributed by atoms with Crippen molar-refractivity contribution in [1.29, 1.82) is 0 Å². The summed E-state index contributed by atoms with van der Waals surface area (Å²) in [6.45, 7) is 4.22. The molecule has 0 heterocycles. The minimum absolute atomic E-state index is 0.0817. The van der Waals surface area contributed by atoms with Crippen molar-refractivity contribution in [3.05, 3.63) is 0 Å². The van der Waals surface area contributed by atoms with Gasteiger partial charge < -0.3 is 4.74 Å². The molecule has 0 aliphatic carbocycles. The standard InChI is InChI=1S/C12H23FO2/c1-3-5-6-7-8-9-11(13)10-12(14)15-4-2/h11H,3-10H2,1-2H3. The molecule has 0 fully saturated rings. The van der Waals surface area contributed by atoms with Crippen LogP contribution in [0, 0.1) is 0 Å². The van der Waals surface area contributed by atoms with Gasteiger partial charge in [-0.2, -0.15) is 0 Å². The Morgan fingerprint density at radius 2 is 1.87 bits per heavy atom. The lowest BCUT2D eigenvalue weighted by atomic mass is 10.1. The zero-order chi connectivity index (χ0) is 11.5. The Kier molecular flexibility index (Phi) is 9.54. The quantitative estimate of drug-likeness (QED) is 0.436. The molecular formula is C12H23FO2. The highest BCUT2D eigenvalue weighted by molar-refractivity contribution is 5.69. The predicted molar refractivity (Wildman–Crippen MR) is 59.5 cm³/mol. The molecule has 0 amide bonds. The maximum Gasteiger partial charge on any atom is 0.308 e. The molecule has 0 aliphatic rings. The summed E-state index contributed by atoms with van der Waals surface area (Å²) in [5.41, 5.74) is 0. The lowest BCUT2D eigenvalue weighted by Crippen LogP contribution is -2.12. The van der Waals surface area contributed by atoms with Crippen LogP contribution < -0.4 is 0 Å². The van der Waals surface area contributed by atoms with E-state index >= 15 is 0 Å². The average molecular weight is 218 g/mol. The molecule has 1 atom stereocenters. The fraction of sp³-hybridized carbons (Fsp3) is 0.917. The fourth-order valence-corrected chi connectivity index (χ4v) is 1.47. The van der Waals surface area contributed by atoms with Crippen molar-refractivity contribution in [1.82, 2.24) is 0 Å². The Balaban J connectivity index is 3.32. The van der Waals surface area contributed by atoms with Crippen molar-refractivity contribution in [3.63, 3.8) is 0 Å². The second-order valence-electron chi connectivity index (χ2n) is 3.81. The summed E-state index contributed by atoms with van der Waals surface area (Å²) in [5.74, 6) is -0.418. The molecule has 0 spiro atoms. The molecule has 0 aromatic heterocycles.